The van der Waals surface area contributed by atoms with Gasteiger partial charge in [-0.1, -0.05) is 11.6 Å². The summed E-state index contributed by atoms with van der Waals surface area (Å²) in [6.45, 7) is 2.10. The standard InChI is InChI=1S/C22H19ClFN5O3/c1-11(30)8-29-9-17(15-6-25-21(27-22(15)29)16-7-26-28-20(16)24)19(31)13-4-12-5-14(23)2-3-18(12)32-10-13/h2-3,5-7,9,11,13,30H,4,8,10H2,1H3,(H,26,28)/t11-,13?/m0/s1. The maximum absolute atomic E-state index is 13.9. The van der Waals surface area contributed by atoms with Crippen LogP contribution in [0.15, 0.2) is 36.8 Å². The first-order chi connectivity index (χ1) is 15.4. The smallest absolute Gasteiger partial charge is 0.219 e. The van der Waals surface area contributed by atoms with Crippen molar-refractivity contribution in [2.45, 2.75) is 26.0 Å². The number of aromatic nitrogens is 5. The molecule has 4 heterocycles. The average molecular weight is 456 g/mol. The van der Waals surface area contributed by atoms with E-state index in [1.165, 1.54) is 12.4 Å². The molecule has 0 spiro atoms. The van der Waals surface area contributed by atoms with Gasteiger partial charge in [0, 0.05) is 34.9 Å². The monoisotopic (exact) mass is 455 g/mol. The third-order valence-electron chi connectivity index (χ3n) is 5.48. The van der Waals surface area contributed by atoms with Gasteiger partial charge in [-0.25, -0.2) is 9.97 Å². The molecule has 1 unspecified atom stereocenters. The van der Waals surface area contributed by atoms with E-state index in [1.807, 2.05) is 6.07 Å². The molecule has 0 amide bonds. The highest BCUT2D eigenvalue weighted by Gasteiger charge is 2.30. The van der Waals surface area contributed by atoms with Crippen molar-refractivity contribution in [1.82, 2.24) is 24.7 Å². The van der Waals surface area contributed by atoms with Gasteiger partial charge in [-0.15, -0.1) is 0 Å². The Morgan fingerprint density at radius 1 is 1.44 bits per heavy atom. The molecular weight excluding hydrogens is 437 g/mol. The number of halogens is 2. The molecule has 2 atom stereocenters. The first-order valence-corrected chi connectivity index (χ1v) is 10.5. The lowest BCUT2D eigenvalue weighted by atomic mass is 9.90. The minimum absolute atomic E-state index is 0.115. The van der Waals surface area contributed by atoms with Gasteiger partial charge in [-0.05, 0) is 37.1 Å². The van der Waals surface area contributed by atoms with Gasteiger partial charge >= 0.3 is 0 Å². The molecule has 5 rings (SSSR count). The summed E-state index contributed by atoms with van der Waals surface area (Å²) in [4.78, 5) is 22.2. The Hall–Kier alpha value is -3.30. The number of carbonyl (C=O) groups excluding carboxylic acids is 1. The number of rotatable bonds is 5. The second-order valence-electron chi connectivity index (χ2n) is 7.90. The molecule has 164 valence electrons. The second kappa shape index (κ2) is 7.99. The normalized spacial score (nSPS) is 16.6. The van der Waals surface area contributed by atoms with Crippen LogP contribution >= 0.6 is 11.6 Å². The topological polar surface area (TPSA) is 106 Å². The third kappa shape index (κ3) is 3.63. The molecule has 4 aromatic rings. The number of fused-ring (bicyclic) bond motifs is 2. The zero-order valence-corrected chi connectivity index (χ0v) is 17.8. The summed E-state index contributed by atoms with van der Waals surface area (Å²) in [6.07, 6.45) is 4.29. The first-order valence-electron chi connectivity index (χ1n) is 10.1. The Bertz CT molecular complexity index is 1330. The number of ketones is 1. The summed E-state index contributed by atoms with van der Waals surface area (Å²) < 4.78 is 21.4. The number of aliphatic hydroxyl groups excluding tert-OH is 1. The van der Waals surface area contributed by atoms with E-state index < -0.39 is 18.0 Å². The molecule has 3 aromatic heterocycles. The van der Waals surface area contributed by atoms with Crippen molar-refractivity contribution in [3.63, 3.8) is 0 Å². The fourth-order valence-electron chi connectivity index (χ4n) is 4.00. The van der Waals surface area contributed by atoms with Crippen molar-refractivity contribution in [2.75, 3.05) is 6.61 Å². The molecule has 32 heavy (non-hydrogen) atoms. The van der Waals surface area contributed by atoms with Crippen LogP contribution in [0.5, 0.6) is 5.75 Å². The molecule has 0 radical (unpaired) electrons. The number of hydrogen-bond acceptors (Lipinski definition) is 6. The van der Waals surface area contributed by atoms with Crippen molar-refractivity contribution >= 4 is 28.4 Å². The van der Waals surface area contributed by atoms with Gasteiger partial charge in [0.15, 0.2) is 11.6 Å². The van der Waals surface area contributed by atoms with Gasteiger partial charge in [0.2, 0.25) is 5.95 Å². The highest BCUT2D eigenvalue weighted by Crippen LogP contribution is 2.33. The van der Waals surface area contributed by atoms with E-state index in [9.17, 15) is 14.3 Å². The van der Waals surface area contributed by atoms with Gasteiger partial charge in [0.05, 0.1) is 30.4 Å². The molecule has 0 aliphatic carbocycles. The fraction of sp³-hybridized carbons (Fsp3) is 0.273. The van der Waals surface area contributed by atoms with Crippen molar-refractivity contribution in [3.8, 4) is 17.1 Å². The zero-order valence-electron chi connectivity index (χ0n) is 17.0. The summed E-state index contributed by atoms with van der Waals surface area (Å²) in [7, 11) is 0. The molecule has 0 saturated carbocycles. The summed E-state index contributed by atoms with van der Waals surface area (Å²) >= 11 is 6.10. The minimum Gasteiger partial charge on any atom is -0.493 e. The number of aliphatic hydroxyl groups is 1. The molecular formula is C22H19ClFN5O3. The number of ether oxygens (including phenoxy) is 1. The van der Waals surface area contributed by atoms with Crippen molar-refractivity contribution in [2.24, 2.45) is 5.92 Å². The van der Waals surface area contributed by atoms with Crippen LogP contribution in [0.4, 0.5) is 4.39 Å². The molecule has 1 aliphatic rings. The number of nitrogens with zero attached hydrogens (tertiary/aromatic N) is 4. The van der Waals surface area contributed by atoms with E-state index in [4.69, 9.17) is 16.3 Å². The maximum Gasteiger partial charge on any atom is 0.219 e. The van der Waals surface area contributed by atoms with Crippen LogP contribution in [0.3, 0.4) is 0 Å². The fourth-order valence-corrected chi connectivity index (χ4v) is 4.19. The van der Waals surface area contributed by atoms with Crippen LogP contribution in [0.1, 0.15) is 22.8 Å². The Morgan fingerprint density at radius 2 is 2.28 bits per heavy atom. The number of hydrogen-bond donors (Lipinski definition) is 2. The largest absolute Gasteiger partial charge is 0.493 e. The van der Waals surface area contributed by atoms with E-state index in [1.54, 1.807) is 29.8 Å². The Kier molecular flexibility index (Phi) is 5.15. The molecule has 2 N–H and O–H groups in total. The predicted molar refractivity (Wildman–Crippen MR) is 115 cm³/mol. The Balaban J connectivity index is 1.55. The van der Waals surface area contributed by atoms with Gasteiger partial charge in [-0.3, -0.25) is 9.89 Å². The number of benzene rings is 1. The van der Waals surface area contributed by atoms with Crippen LogP contribution in [0.25, 0.3) is 22.4 Å². The Morgan fingerprint density at radius 3 is 3.03 bits per heavy atom. The van der Waals surface area contributed by atoms with E-state index >= 15 is 0 Å². The van der Waals surface area contributed by atoms with Crippen LogP contribution in [0, 0.1) is 11.9 Å². The number of nitrogens with one attached hydrogen (secondary N) is 1. The second-order valence-corrected chi connectivity index (χ2v) is 8.34. The summed E-state index contributed by atoms with van der Waals surface area (Å²) in [5, 5.41) is 16.9. The lowest BCUT2D eigenvalue weighted by Gasteiger charge is -2.24. The number of H-pyrrole nitrogens is 1. The molecule has 0 fully saturated rings. The Labute approximate surface area is 187 Å². The number of carbonyl (C=O) groups is 1. The van der Waals surface area contributed by atoms with Crippen molar-refractivity contribution in [3.05, 3.63) is 58.9 Å². The quantitative estimate of drug-likeness (QED) is 0.446. The van der Waals surface area contributed by atoms with Gasteiger partial charge in [0.1, 0.15) is 11.4 Å². The van der Waals surface area contributed by atoms with Crippen LogP contribution < -0.4 is 4.74 Å². The molecule has 0 bridgehead atoms. The van der Waals surface area contributed by atoms with E-state index in [0.717, 1.165) is 11.3 Å². The molecule has 1 aliphatic heterocycles. The lowest BCUT2D eigenvalue weighted by Crippen LogP contribution is -2.28. The molecule has 1 aromatic carbocycles. The van der Waals surface area contributed by atoms with Crippen molar-refractivity contribution in [1.29, 1.82) is 0 Å². The van der Waals surface area contributed by atoms with Gasteiger partial charge in [0.25, 0.3) is 0 Å². The zero-order chi connectivity index (χ0) is 22.4. The van der Waals surface area contributed by atoms with E-state index in [-0.39, 0.29) is 30.3 Å². The highest BCUT2D eigenvalue weighted by atomic mass is 35.5. The van der Waals surface area contributed by atoms with Crippen LogP contribution in [0.2, 0.25) is 5.02 Å². The number of aromatic amines is 1. The molecule has 0 saturated heterocycles. The minimum atomic E-state index is -0.676. The lowest BCUT2D eigenvalue weighted by molar-refractivity contribution is 0.0856. The van der Waals surface area contributed by atoms with E-state index in [2.05, 4.69) is 20.2 Å². The number of Topliss-reactive ketones (excluding diaryl/α,β-unsaturated/α-hetero) is 1. The highest BCUT2D eigenvalue weighted by molar-refractivity contribution is 6.30. The van der Waals surface area contributed by atoms with Crippen LogP contribution in [-0.2, 0) is 13.0 Å². The van der Waals surface area contributed by atoms with Gasteiger partial charge in [-0.2, -0.15) is 9.49 Å². The maximum atomic E-state index is 13.9. The molecule has 10 heteroatoms. The summed E-state index contributed by atoms with van der Waals surface area (Å²) in [5.74, 6) is -0.304. The van der Waals surface area contributed by atoms with Crippen molar-refractivity contribution < 1.29 is 19.0 Å². The van der Waals surface area contributed by atoms with Crippen LogP contribution in [-0.4, -0.2) is 48.3 Å². The first kappa shape index (κ1) is 20.6. The predicted octanol–water partition coefficient (Wildman–Crippen LogP) is 3.43. The SMILES string of the molecule is C[C@H](O)Cn1cc(C(=O)C2COc3ccc(Cl)cc3C2)c2cnc(-c3cn[nH]c3F)nc21. The summed E-state index contributed by atoms with van der Waals surface area (Å²) in [5.41, 5.74) is 1.86. The average Bonchev–Trinajstić information content (AvgIpc) is 3.35. The molecule has 8 nitrogen and oxygen atoms in total. The summed E-state index contributed by atoms with van der Waals surface area (Å²) in [6, 6.07) is 5.36. The van der Waals surface area contributed by atoms with E-state index in [0.29, 0.717) is 28.0 Å². The third-order valence-corrected chi connectivity index (χ3v) is 5.71. The van der Waals surface area contributed by atoms with Gasteiger partial charge < -0.3 is 14.4 Å².